The van der Waals surface area contributed by atoms with E-state index in [9.17, 15) is 9.59 Å². The number of nitrogens with one attached hydrogen (secondary N) is 1. The molecule has 0 saturated carbocycles. The van der Waals surface area contributed by atoms with E-state index in [0.29, 0.717) is 0 Å². The highest BCUT2D eigenvalue weighted by molar-refractivity contribution is 5.77. The van der Waals surface area contributed by atoms with E-state index in [1.807, 2.05) is 5.43 Å². The van der Waals surface area contributed by atoms with Crippen molar-refractivity contribution >= 4 is 18.2 Å². The molecule has 0 bridgehead atoms. The van der Waals surface area contributed by atoms with Gasteiger partial charge < -0.3 is 16.6 Å². The molecule has 0 heterocycles. The second kappa shape index (κ2) is 5.08. The predicted octanol–water partition coefficient (Wildman–Crippen LogP) is -1.56. The van der Waals surface area contributed by atoms with E-state index in [4.69, 9.17) is 10.8 Å². The molecule has 7 nitrogen and oxygen atoms in total. The first-order chi connectivity index (χ1) is 5.52. The van der Waals surface area contributed by atoms with Gasteiger partial charge in [0.1, 0.15) is 0 Å². The summed E-state index contributed by atoms with van der Waals surface area (Å²) in [5.74, 6) is -1.03. The zero-order chi connectivity index (χ0) is 9.56. The molecular weight excluding hydrogens is 164 g/mol. The molecule has 1 atom stereocenters. The van der Waals surface area contributed by atoms with Crippen LogP contribution >= 0.6 is 0 Å². The highest BCUT2D eigenvalue weighted by atomic mass is 16.4. The third-order valence-corrected chi connectivity index (χ3v) is 0.851. The molecule has 12 heavy (non-hydrogen) atoms. The number of carbonyl (C=O) groups excluding carboxylic acids is 1. The number of nitrogens with two attached hydrogens (primary N) is 2. The Labute approximate surface area is 68.4 Å². The fourth-order valence-corrected chi connectivity index (χ4v) is 0.451. The minimum Gasteiger partial charge on any atom is -0.481 e. The number of hydrogen-bond acceptors (Lipinski definition) is 4. The van der Waals surface area contributed by atoms with Crippen LogP contribution in [0.5, 0.6) is 0 Å². The van der Waals surface area contributed by atoms with E-state index in [1.165, 1.54) is 0 Å². The quantitative estimate of drug-likeness (QED) is 0.303. The van der Waals surface area contributed by atoms with Crippen LogP contribution in [0.25, 0.3) is 0 Å². The predicted molar refractivity (Wildman–Crippen MR) is 41.4 cm³/mol. The third kappa shape index (κ3) is 6.49. The lowest BCUT2D eigenvalue weighted by Gasteiger charge is -1.99. The maximum absolute atomic E-state index is 10.1. The molecule has 0 aliphatic heterocycles. The van der Waals surface area contributed by atoms with Gasteiger partial charge in [0, 0.05) is 6.21 Å². The standard InChI is InChI=1S/C5H10N4O3/c6-3(1-4(10)11)2-8-9-5(7)12/h2-3H,1,6H2,(H,10,11)(H3,7,9,12)/t3-/m1/s1. The Morgan fingerprint density at radius 3 is 2.67 bits per heavy atom. The summed E-state index contributed by atoms with van der Waals surface area (Å²) in [4.78, 5) is 20.1. The van der Waals surface area contributed by atoms with Crippen LogP contribution in [0.2, 0.25) is 0 Å². The molecular formula is C5H10N4O3. The SMILES string of the molecule is NC(=O)NN=C[C@H](N)CC(=O)O. The van der Waals surface area contributed by atoms with Gasteiger partial charge >= 0.3 is 12.0 Å². The van der Waals surface area contributed by atoms with Gasteiger partial charge in [0.15, 0.2) is 0 Å². The van der Waals surface area contributed by atoms with Crippen LogP contribution in [-0.4, -0.2) is 29.4 Å². The topological polar surface area (TPSA) is 131 Å². The van der Waals surface area contributed by atoms with E-state index in [-0.39, 0.29) is 6.42 Å². The molecule has 2 amide bonds. The number of nitrogens with zero attached hydrogens (tertiary/aromatic N) is 1. The van der Waals surface area contributed by atoms with Gasteiger partial charge in [-0.25, -0.2) is 10.2 Å². The number of hydrogen-bond donors (Lipinski definition) is 4. The molecule has 6 N–H and O–H groups in total. The molecule has 0 aliphatic carbocycles. The minimum absolute atomic E-state index is 0.246. The van der Waals surface area contributed by atoms with E-state index < -0.39 is 18.0 Å². The highest BCUT2D eigenvalue weighted by Crippen LogP contribution is 1.82. The van der Waals surface area contributed by atoms with Gasteiger partial charge in [0.05, 0.1) is 12.5 Å². The first-order valence-corrected chi connectivity index (χ1v) is 3.08. The summed E-state index contributed by atoms with van der Waals surface area (Å²) in [5.41, 5.74) is 11.8. The largest absolute Gasteiger partial charge is 0.481 e. The Balaban J connectivity index is 3.67. The second-order valence-electron chi connectivity index (χ2n) is 2.02. The lowest BCUT2D eigenvalue weighted by Crippen LogP contribution is -2.29. The number of carbonyl (C=O) groups is 2. The molecule has 68 valence electrons. The maximum atomic E-state index is 10.1. The fourth-order valence-electron chi connectivity index (χ4n) is 0.451. The van der Waals surface area contributed by atoms with Crippen molar-refractivity contribution in [2.45, 2.75) is 12.5 Å². The van der Waals surface area contributed by atoms with Crippen molar-refractivity contribution in [2.24, 2.45) is 16.6 Å². The lowest BCUT2D eigenvalue weighted by atomic mass is 10.2. The van der Waals surface area contributed by atoms with Gasteiger partial charge in [-0.15, -0.1) is 0 Å². The van der Waals surface area contributed by atoms with Crippen LogP contribution in [0.1, 0.15) is 6.42 Å². The van der Waals surface area contributed by atoms with E-state index in [2.05, 4.69) is 10.8 Å². The van der Waals surface area contributed by atoms with Crippen molar-refractivity contribution in [2.75, 3.05) is 0 Å². The molecule has 0 spiro atoms. The van der Waals surface area contributed by atoms with Gasteiger partial charge in [0.25, 0.3) is 0 Å². The number of carboxylic acid groups (broad SMARTS) is 1. The molecule has 0 fully saturated rings. The number of primary amides is 1. The zero-order valence-corrected chi connectivity index (χ0v) is 6.23. The summed E-state index contributed by atoms with van der Waals surface area (Å²) in [6.07, 6.45) is 0.850. The monoisotopic (exact) mass is 174 g/mol. The average molecular weight is 174 g/mol. The summed E-state index contributed by atoms with van der Waals surface area (Å²) >= 11 is 0. The van der Waals surface area contributed by atoms with Crippen LogP contribution < -0.4 is 16.9 Å². The molecule has 0 radical (unpaired) electrons. The Morgan fingerprint density at radius 2 is 2.25 bits per heavy atom. The Bertz CT molecular complexity index is 203. The van der Waals surface area contributed by atoms with Crippen molar-refractivity contribution in [3.63, 3.8) is 0 Å². The molecule has 0 saturated heterocycles. The summed E-state index contributed by atoms with van der Waals surface area (Å²) < 4.78 is 0. The number of aliphatic carboxylic acids is 1. The highest BCUT2D eigenvalue weighted by Gasteiger charge is 2.03. The summed E-state index contributed by atoms with van der Waals surface area (Å²) in [6.45, 7) is 0. The Morgan fingerprint density at radius 1 is 1.67 bits per heavy atom. The molecule has 7 heteroatoms. The van der Waals surface area contributed by atoms with Gasteiger partial charge in [0.2, 0.25) is 0 Å². The zero-order valence-electron chi connectivity index (χ0n) is 6.23. The van der Waals surface area contributed by atoms with Gasteiger partial charge in [-0.1, -0.05) is 0 Å². The number of hydrazone groups is 1. The van der Waals surface area contributed by atoms with E-state index >= 15 is 0 Å². The van der Waals surface area contributed by atoms with Gasteiger partial charge in [-0.3, -0.25) is 4.79 Å². The molecule has 0 aromatic heterocycles. The number of rotatable bonds is 4. The molecule has 0 aromatic rings. The lowest BCUT2D eigenvalue weighted by molar-refractivity contribution is -0.137. The normalized spacial score (nSPS) is 12.8. The summed E-state index contributed by atoms with van der Waals surface area (Å²) in [5, 5.41) is 11.5. The Kier molecular flexibility index (Phi) is 4.39. The van der Waals surface area contributed by atoms with Crippen molar-refractivity contribution in [1.82, 2.24) is 5.43 Å². The van der Waals surface area contributed by atoms with E-state index in [1.54, 1.807) is 0 Å². The first kappa shape index (κ1) is 10.4. The molecule has 0 aliphatic rings. The molecule has 0 rings (SSSR count). The number of carboxylic acids is 1. The van der Waals surface area contributed by atoms with E-state index in [0.717, 1.165) is 6.21 Å². The average Bonchev–Trinajstić information content (AvgIpc) is 1.84. The van der Waals surface area contributed by atoms with Crippen LogP contribution in [0, 0.1) is 0 Å². The van der Waals surface area contributed by atoms with Crippen LogP contribution in [-0.2, 0) is 4.79 Å². The smallest absolute Gasteiger partial charge is 0.332 e. The van der Waals surface area contributed by atoms with Crippen molar-refractivity contribution in [1.29, 1.82) is 0 Å². The summed E-state index contributed by atoms with van der Waals surface area (Å²) in [6, 6.07) is -1.55. The van der Waals surface area contributed by atoms with Crippen molar-refractivity contribution < 1.29 is 14.7 Å². The molecule has 0 unspecified atom stereocenters. The minimum atomic E-state index is -1.03. The first-order valence-electron chi connectivity index (χ1n) is 3.08. The van der Waals surface area contributed by atoms with Crippen LogP contribution in [0.3, 0.4) is 0 Å². The third-order valence-electron chi connectivity index (χ3n) is 0.851. The van der Waals surface area contributed by atoms with Crippen molar-refractivity contribution in [3.8, 4) is 0 Å². The van der Waals surface area contributed by atoms with Gasteiger partial charge in [-0.2, -0.15) is 5.10 Å². The van der Waals surface area contributed by atoms with Gasteiger partial charge in [-0.05, 0) is 0 Å². The van der Waals surface area contributed by atoms with Crippen LogP contribution in [0.4, 0.5) is 4.79 Å². The van der Waals surface area contributed by atoms with Crippen molar-refractivity contribution in [3.05, 3.63) is 0 Å². The number of amides is 2. The number of urea groups is 1. The van der Waals surface area contributed by atoms with Crippen LogP contribution in [0.15, 0.2) is 5.10 Å². The maximum Gasteiger partial charge on any atom is 0.332 e. The fraction of sp³-hybridized carbons (Fsp3) is 0.400. The molecule has 0 aromatic carbocycles. The Hall–Kier alpha value is -1.63. The second-order valence-corrected chi connectivity index (χ2v) is 2.02. The summed E-state index contributed by atoms with van der Waals surface area (Å²) in [7, 11) is 0.